The minimum Gasteiger partial charge on any atom is -0.495 e. The lowest BCUT2D eigenvalue weighted by atomic mass is 10.1. The van der Waals surface area contributed by atoms with Crippen LogP contribution in [0.5, 0.6) is 5.75 Å². The SMILES string of the molecule is C=Cn1cc(CNc2cc(CCC(=O)O)ccc2OC)cn1. The van der Waals surface area contributed by atoms with E-state index in [-0.39, 0.29) is 6.42 Å². The Kier molecular flexibility index (Phi) is 5.19. The summed E-state index contributed by atoms with van der Waals surface area (Å²) >= 11 is 0. The van der Waals surface area contributed by atoms with Gasteiger partial charge in [0.25, 0.3) is 0 Å². The fourth-order valence-electron chi connectivity index (χ4n) is 2.07. The molecule has 0 fully saturated rings. The smallest absolute Gasteiger partial charge is 0.303 e. The number of methoxy groups -OCH3 is 1. The Balaban J connectivity index is 2.08. The highest BCUT2D eigenvalue weighted by molar-refractivity contribution is 5.67. The molecule has 2 N–H and O–H groups in total. The standard InChI is InChI=1S/C16H19N3O3/c1-3-19-11-13(10-18-19)9-17-14-8-12(5-7-16(20)21)4-6-15(14)22-2/h3-4,6,8,10-11,17H,1,5,7,9H2,2H3,(H,20,21). The molecule has 0 amide bonds. The Labute approximate surface area is 129 Å². The van der Waals surface area contributed by atoms with E-state index in [1.165, 1.54) is 0 Å². The lowest BCUT2D eigenvalue weighted by Gasteiger charge is -2.12. The van der Waals surface area contributed by atoms with Crippen molar-refractivity contribution in [3.05, 3.63) is 48.3 Å². The molecule has 2 aromatic rings. The van der Waals surface area contributed by atoms with Crippen LogP contribution in [0.3, 0.4) is 0 Å². The number of ether oxygens (including phenoxy) is 1. The van der Waals surface area contributed by atoms with Gasteiger partial charge in [0.2, 0.25) is 0 Å². The number of rotatable bonds is 8. The quantitative estimate of drug-likeness (QED) is 0.784. The van der Waals surface area contributed by atoms with E-state index in [9.17, 15) is 4.79 Å². The minimum atomic E-state index is -0.804. The first-order chi connectivity index (χ1) is 10.6. The normalized spacial score (nSPS) is 10.2. The number of aromatic nitrogens is 2. The molecule has 1 aromatic carbocycles. The molecule has 0 spiro atoms. The number of carboxylic acids is 1. The Morgan fingerprint density at radius 2 is 2.32 bits per heavy atom. The summed E-state index contributed by atoms with van der Waals surface area (Å²) < 4.78 is 6.96. The van der Waals surface area contributed by atoms with Gasteiger partial charge in [0.15, 0.2) is 0 Å². The number of benzene rings is 1. The lowest BCUT2D eigenvalue weighted by Crippen LogP contribution is -2.03. The Morgan fingerprint density at radius 1 is 1.50 bits per heavy atom. The van der Waals surface area contributed by atoms with Gasteiger partial charge in [0, 0.05) is 30.9 Å². The second-order valence-corrected chi connectivity index (χ2v) is 4.79. The van der Waals surface area contributed by atoms with Crippen LogP contribution in [0.4, 0.5) is 5.69 Å². The number of nitrogens with zero attached hydrogens (tertiary/aromatic N) is 2. The molecule has 0 aliphatic rings. The van der Waals surface area contributed by atoms with Crippen LogP contribution >= 0.6 is 0 Å². The molecule has 0 saturated carbocycles. The average molecular weight is 301 g/mol. The van der Waals surface area contributed by atoms with E-state index in [2.05, 4.69) is 17.0 Å². The van der Waals surface area contributed by atoms with Gasteiger partial charge in [0.05, 0.1) is 19.0 Å². The Hall–Kier alpha value is -2.76. The van der Waals surface area contributed by atoms with Crippen molar-refractivity contribution in [1.82, 2.24) is 9.78 Å². The predicted octanol–water partition coefficient (Wildman–Crippen LogP) is 2.62. The molecule has 22 heavy (non-hydrogen) atoms. The fraction of sp³-hybridized carbons (Fsp3) is 0.250. The maximum absolute atomic E-state index is 10.7. The molecule has 0 unspecified atom stereocenters. The molecule has 0 bridgehead atoms. The van der Waals surface area contributed by atoms with E-state index in [4.69, 9.17) is 9.84 Å². The van der Waals surface area contributed by atoms with Gasteiger partial charge in [-0.15, -0.1) is 0 Å². The summed E-state index contributed by atoms with van der Waals surface area (Å²) in [7, 11) is 1.60. The van der Waals surface area contributed by atoms with Gasteiger partial charge < -0.3 is 15.2 Å². The molecule has 0 aliphatic heterocycles. The van der Waals surface area contributed by atoms with Crippen LogP contribution in [-0.4, -0.2) is 28.0 Å². The summed E-state index contributed by atoms with van der Waals surface area (Å²) in [6, 6.07) is 5.63. The molecule has 0 atom stereocenters. The van der Waals surface area contributed by atoms with Gasteiger partial charge >= 0.3 is 5.97 Å². The van der Waals surface area contributed by atoms with E-state index in [0.717, 1.165) is 22.6 Å². The first-order valence-corrected chi connectivity index (χ1v) is 6.90. The average Bonchev–Trinajstić information content (AvgIpc) is 2.99. The maximum Gasteiger partial charge on any atom is 0.303 e. The van der Waals surface area contributed by atoms with Crippen LogP contribution < -0.4 is 10.1 Å². The number of aryl methyl sites for hydroxylation is 1. The molecular weight excluding hydrogens is 282 g/mol. The van der Waals surface area contributed by atoms with Crippen LogP contribution in [0.25, 0.3) is 6.20 Å². The molecule has 1 heterocycles. The molecule has 0 aliphatic carbocycles. The monoisotopic (exact) mass is 301 g/mol. The zero-order valence-electron chi connectivity index (χ0n) is 12.5. The van der Waals surface area contributed by atoms with Crippen molar-refractivity contribution in [2.75, 3.05) is 12.4 Å². The molecule has 0 radical (unpaired) electrons. The number of carbonyl (C=O) groups is 1. The number of hydrogen-bond donors (Lipinski definition) is 2. The number of aliphatic carboxylic acids is 1. The van der Waals surface area contributed by atoms with E-state index >= 15 is 0 Å². The summed E-state index contributed by atoms with van der Waals surface area (Å²) in [6.45, 7) is 4.24. The number of carboxylic acid groups (broad SMARTS) is 1. The molecule has 2 rings (SSSR count). The Bertz CT molecular complexity index is 664. The maximum atomic E-state index is 10.7. The highest BCUT2D eigenvalue weighted by Gasteiger charge is 2.07. The summed E-state index contributed by atoms with van der Waals surface area (Å²) in [5.41, 5.74) is 2.79. The third-order valence-corrected chi connectivity index (χ3v) is 3.22. The summed E-state index contributed by atoms with van der Waals surface area (Å²) in [5.74, 6) is -0.0858. The fourth-order valence-corrected chi connectivity index (χ4v) is 2.07. The molecular formula is C16H19N3O3. The highest BCUT2D eigenvalue weighted by atomic mass is 16.5. The first-order valence-electron chi connectivity index (χ1n) is 6.90. The zero-order chi connectivity index (χ0) is 15.9. The van der Waals surface area contributed by atoms with E-state index in [1.54, 1.807) is 24.2 Å². The number of nitrogens with one attached hydrogen (secondary N) is 1. The van der Waals surface area contributed by atoms with Crippen LogP contribution in [0.1, 0.15) is 17.5 Å². The molecule has 0 saturated heterocycles. The third kappa shape index (κ3) is 4.12. The lowest BCUT2D eigenvalue weighted by molar-refractivity contribution is -0.136. The van der Waals surface area contributed by atoms with Crippen molar-refractivity contribution < 1.29 is 14.6 Å². The predicted molar refractivity (Wildman–Crippen MR) is 84.9 cm³/mol. The molecule has 6 nitrogen and oxygen atoms in total. The van der Waals surface area contributed by atoms with Gasteiger partial charge in [0.1, 0.15) is 5.75 Å². The van der Waals surface area contributed by atoms with Crippen molar-refractivity contribution in [2.45, 2.75) is 19.4 Å². The van der Waals surface area contributed by atoms with Crippen molar-refractivity contribution >= 4 is 17.9 Å². The van der Waals surface area contributed by atoms with Gasteiger partial charge in [-0.05, 0) is 24.1 Å². The van der Waals surface area contributed by atoms with Crippen LogP contribution in [0, 0.1) is 0 Å². The van der Waals surface area contributed by atoms with Crippen molar-refractivity contribution in [1.29, 1.82) is 0 Å². The van der Waals surface area contributed by atoms with E-state index < -0.39 is 5.97 Å². The van der Waals surface area contributed by atoms with Gasteiger partial charge in [-0.3, -0.25) is 4.79 Å². The second-order valence-electron chi connectivity index (χ2n) is 4.79. The zero-order valence-corrected chi connectivity index (χ0v) is 12.5. The van der Waals surface area contributed by atoms with Crippen LogP contribution in [-0.2, 0) is 17.8 Å². The minimum absolute atomic E-state index is 0.109. The Morgan fingerprint density at radius 3 is 2.95 bits per heavy atom. The van der Waals surface area contributed by atoms with Gasteiger partial charge in [-0.25, -0.2) is 4.68 Å². The summed E-state index contributed by atoms with van der Waals surface area (Å²) in [6.07, 6.45) is 5.85. The van der Waals surface area contributed by atoms with E-state index in [0.29, 0.717) is 13.0 Å². The highest BCUT2D eigenvalue weighted by Crippen LogP contribution is 2.26. The first kappa shape index (κ1) is 15.6. The van der Waals surface area contributed by atoms with Crippen molar-refractivity contribution in [2.24, 2.45) is 0 Å². The van der Waals surface area contributed by atoms with Crippen LogP contribution in [0.15, 0.2) is 37.2 Å². The molecule has 116 valence electrons. The molecule has 6 heteroatoms. The van der Waals surface area contributed by atoms with Crippen molar-refractivity contribution in [3.8, 4) is 5.75 Å². The number of anilines is 1. The van der Waals surface area contributed by atoms with Gasteiger partial charge in [-0.2, -0.15) is 5.10 Å². The largest absolute Gasteiger partial charge is 0.495 e. The second kappa shape index (κ2) is 7.31. The van der Waals surface area contributed by atoms with Crippen LogP contribution in [0.2, 0.25) is 0 Å². The molecule has 1 aromatic heterocycles. The third-order valence-electron chi connectivity index (χ3n) is 3.22. The van der Waals surface area contributed by atoms with Crippen molar-refractivity contribution in [3.63, 3.8) is 0 Å². The number of hydrogen-bond acceptors (Lipinski definition) is 4. The summed E-state index contributed by atoms with van der Waals surface area (Å²) in [5, 5.41) is 16.2. The van der Waals surface area contributed by atoms with E-state index in [1.807, 2.05) is 24.4 Å². The topological polar surface area (TPSA) is 76.4 Å². The van der Waals surface area contributed by atoms with Gasteiger partial charge in [-0.1, -0.05) is 12.6 Å². The summed E-state index contributed by atoms with van der Waals surface area (Å²) in [4.78, 5) is 10.7.